The van der Waals surface area contributed by atoms with E-state index in [1.54, 1.807) is 6.08 Å². The van der Waals surface area contributed by atoms with Crippen LogP contribution in [0.15, 0.2) is 23.9 Å². The predicted octanol–water partition coefficient (Wildman–Crippen LogP) is 0.801. The van der Waals surface area contributed by atoms with Gasteiger partial charge in [0.25, 0.3) is 0 Å². The summed E-state index contributed by atoms with van der Waals surface area (Å²) in [5.74, 6) is -0.0268. The highest BCUT2D eigenvalue weighted by molar-refractivity contribution is 5.69. The van der Waals surface area contributed by atoms with Crippen LogP contribution in [0, 0.1) is 5.92 Å². The Morgan fingerprint density at radius 1 is 1.62 bits per heavy atom. The summed E-state index contributed by atoms with van der Waals surface area (Å²) in [6.45, 7) is 0.202. The number of amides is 1. The third kappa shape index (κ3) is 1.23. The molecule has 2 N–H and O–H groups in total. The molecule has 0 radical (unpaired) electrons. The quantitative estimate of drug-likeness (QED) is 0.581. The molecule has 1 fully saturated rings. The molecule has 2 rings (SSSR count). The molecule has 2 aliphatic rings. The van der Waals surface area contributed by atoms with Crippen LogP contribution in [-0.4, -0.2) is 33.9 Å². The van der Waals surface area contributed by atoms with Gasteiger partial charge in [0, 0.05) is 11.6 Å². The van der Waals surface area contributed by atoms with Crippen LogP contribution in [0.4, 0.5) is 4.79 Å². The molecule has 0 saturated carbocycles. The number of allylic oxidation sites excluding steroid dienone is 3. The maximum absolute atomic E-state index is 10.8. The molecule has 0 aromatic rings. The van der Waals surface area contributed by atoms with Crippen molar-refractivity contribution in [3.63, 3.8) is 0 Å². The van der Waals surface area contributed by atoms with E-state index in [-0.39, 0.29) is 12.5 Å². The highest BCUT2D eigenvalue weighted by atomic mass is 16.4. The van der Waals surface area contributed by atoms with E-state index in [0.717, 1.165) is 12.1 Å². The number of nitrogens with zero attached hydrogens (tertiary/aromatic N) is 1. The second-order valence-electron chi connectivity index (χ2n) is 3.32. The van der Waals surface area contributed by atoms with Crippen LogP contribution in [0.1, 0.15) is 6.42 Å². The Hall–Kier alpha value is -1.29. The van der Waals surface area contributed by atoms with E-state index >= 15 is 0 Å². The monoisotopic (exact) mass is 181 g/mol. The van der Waals surface area contributed by atoms with Crippen molar-refractivity contribution >= 4 is 6.09 Å². The molecular weight excluding hydrogens is 170 g/mol. The van der Waals surface area contributed by atoms with E-state index in [2.05, 4.69) is 0 Å². The normalized spacial score (nSPS) is 31.5. The number of carbonyl (C=O) groups is 1. The first-order valence-electron chi connectivity index (χ1n) is 4.25. The van der Waals surface area contributed by atoms with Gasteiger partial charge in [-0.1, -0.05) is 12.2 Å². The zero-order chi connectivity index (χ0) is 9.42. The number of aliphatic hydroxyl groups excluding tert-OH is 1. The van der Waals surface area contributed by atoms with Gasteiger partial charge in [0.1, 0.15) is 0 Å². The molecule has 0 aromatic heterocycles. The van der Waals surface area contributed by atoms with Gasteiger partial charge in [-0.15, -0.1) is 0 Å². The molecule has 1 saturated heterocycles. The molecule has 2 atom stereocenters. The number of carboxylic acid groups (broad SMARTS) is 1. The zero-order valence-electron chi connectivity index (χ0n) is 7.05. The zero-order valence-corrected chi connectivity index (χ0v) is 7.05. The molecule has 4 nitrogen and oxygen atoms in total. The lowest BCUT2D eigenvalue weighted by Gasteiger charge is -2.18. The first-order chi connectivity index (χ1) is 6.20. The third-order valence-corrected chi connectivity index (χ3v) is 2.55. The number of fused-ring (bicyclic) bond motifs is 1. The second kappa shape index (κ2) is 2.88. The minimum absolute atomic E-state index is 0.0268. The smallest absolute Gasteiger partial charge is 0.411 e. The number of β-amino-alcohol motifs (C(OH)–C–C–N with tert-alkyl or cyclic N) is 1. The van der Waals surface area contributed by atoms with E-state index in [0.29, 0.717) is 0 Å². The van der Waals surface area contributed by atoms with Gasteiger partial charge in [0.15, 0.2) is 0 Å². The first kappa shape index (κ1) is 8.31. The Kier molecular flexibility index (Phi) is 1.84. The Morgan fingerprint density at radius 3 is 3.08 bits per heavy atom. The van der Waals surface area contributed by atoms with E-state index in [9.17, 15) is 9.90 Å². The van der Waals surface area contributed by atoms with Crippen molar-refractivity contribution in [2.45, 2.75) is 12.5 Å². The molecule has 1 aliphatic heterocycles. The van der Waals surface area contributed by atoms with Gasteiger partial charge < -0.3 is 10.2 Å². The summed E-state index contributed by atoms with van der Waals surface area (Å²) >= 11 is 0. The fraction of sp³-hybridized carbons (Fsp3) is 0.444. The molecule has 2 unspecified atom stereocenters. The lowest BCUT2D eigenvalue weighted by atomic mass is 9.95. The number of aliphatic hydroxyl groups is 1. The molecule has 0 spiro atoms. The number of hydrogen-bond donors (Lipinski definition) is 2. The Labute approximate surface area is 75.8 Å². The molecule has 0 bridgehead atoms. The van der Waals surface area contributed by atoms with E-state index in [1.165, 1.54) is 4.90 Å². The second-order valence-corrected chi connectivity index (χ2v) is 3.32. The standard InChI is InChI=1S/C9H11NO3/c11-8-5-10(9(12)13)7-4-2-1-3-6(7)8/h1-2,4,6,8,11H,3,5H2,(H,12,13). The summed E-state index contributed by atoms with van der Waals surface area (Å²) < 4.78 is 0. The summed E-state index contributed by atoms with van der Waals surface area (Å²) in [5.41, 5.74) is 0.725. The fourth-order valence-electron chi connectivity index (χ4n) is 1.89. The highest BCUT2D eigenvalue weighted by Gasteiger charge is 2.38. The van der Waals surface area contributed by atoms with Crippen LogP contribution in [0.3, 0.4) is 0 Å². The number of hydrogen-bond acceptors (Lipinski definition) is 2. The van der Waals surface area contributed by atoms with Crippen molar-refractivity contribution in [3.05, 3.63) is 23.9 Å². The molecule has 4 heteroatoms. The lowest BCUT2D eigenvalue weighted by molar-refractivity contribution is 0.132. The minimum atomic E-state index is -0.983. The van der Waals surface area contributed by atoms with E-state index < -0.39 is 12.2 Å². The summed E-state index contributed by atoms with van der Waals surface area (Å²) in [5, 5.41) is 18.4. The first-order valence-corrected chi connectivity index (χ1v) is 4.25. The third-order valence-electron chi connectivity index (χ3n) is 2.55. The average molecular weight is 181 g/mol. The van der Waals surface area contributed by atoms with Crippen molar-refractivity contribution in [2.75, 3.05) is 6.54 Å². The Morgan fingerprint density at radius 2 is 2.38 bits per heavy atom. The molecule has 1 aliphatic carbocycles. The molecule has 0 aromatic carbocycles. The van der Waals surface area contributed by atoms with E-state index in [4.69, 9.17) is 5.11 Å². The average Bonchev–Trinajstić information content (AvgIpc) is 2.45. The van der Waals surface area contributed by atoms with Crippen LogP contribution >= 0.6 is 0 Å². The summed E-state index contributed by atoms with van der Waals surface area (Å²) in [6.07, 6.45) is 4.74. The molecular formula is C9H11NO3. The Bertz CT molecular complexity index is 295. The van der Waals surface area contributed by atoms with E-state index in [1.807, 2.05) is 12.2 Å². The van der Waals surface area contributed by atoms with Crippen molar-refractivity contribution in [2.24, 2.45) is 5.92 Å². The van der Waals surface area contributed by atoms with Gasteiger partial charge in [-0.25, -0.2) is 4.79 Å². The molecule has 70 valence electrons. The van der Waals surface area contributed by atoms with Crippen molar-refractivity contribution in [3.8, 4) is 0 Å². The van der Waals surface area contributed by atoms with Gasteiger partial charge in [-0.2, -0.15) is 0 Å². The van der Waals surface area contributed by atoms with Gasteiger partial charge in [-0.3, -0.25) is 4.90 Å². The predicted molar refractivity (Wildman–Crippen MR) is 46.1 cm³/mol. The Balaban J connectivity index is 2.29. The molecule has 1 heterocycles. The maximum Gasteiger partial charge on any atom is 0.411 e. The topological polar surface area (TPSA) is 60.8 Å². The van der Waals surface area contributed by atoms with Crippen LogP contribution in [0.5, 0.6) is 0 Å². The largest absolute Gasteiger partial charge is 0.465 e. The van der Waals surface area contributed by atoms with Gasteiger partial charge >= 0.3 is 6.09 Å². The minimum Gasteiger partial charge on any atom is -0.465 e. The van der Waals surface area contributed by atoms with Crippen molar-refractivity contribution in [1.82, 2.24) is 4.90 Å². The van der Waals surface area contributed by atoms with Crippen LogP contribution in [-0.2, 0) is 0 Å². The van der Waals surface area contributed by atoms with Crippen LogP contribution < -0.4 is 0 Å². The maximum atomic E-state index is 10.8. The summed E-state index contributed by atoms with van der Waals surface area (Å²) in [6, 6.07) is 0. The lowest BCUT2D eigenvalue weighted by Crippen LogP contribution is -2.26. The van der Waals surface area contributed by atoms with Crippen LogP contribution in [0.25, 0.3) is 0 Å². The van der Waals surface area contributed by atoms with Gasteiger partial charge in [-0.05, 0) is 12.5 Å². The number of rotatable bonds is 0. The van der Waals surface area contributed by atoms with Gasteiger partial charge in [0.05, 0.1) is 12.6 Å². The number of likely N-dealkylation sites (tertiary alicyclic amines) is 1. The van der Waals surface area contributed by atoms with Crippen molar-refractivity contribution in [1.29, 1.82) is 0 Å². The highest BCUT2D eigenvalue weighted by Crippen LogP contribution is 2.33. The fourth-order valence-corrected chi connectivity index (χ4v) is 1.89. The molecule has 1 amide bonds. The SMILES string of the molecule is O=C(O)N1CC(O)C2CC=CC=C21. The molecule has 13 heavy (non-hydrogen) atoms. The summed E-state index contributed by atoms with van der Waals surface area (Å²) in [7, 11) is 0. The van der Waals surface area contributed by atoms with Crippen LogP contribution in [0.2, 0.25) is 0 Å². The van der Waals surface area contributed by atoms with Crippen molar-refractivity contribution < 1.29 is 15.0 Å². The van der Waals surface area contributed by atoms with Gasteiger partial charge in [0.2, 0.25) is 0 Å². The summed E-state index contributed by atoms with van der Waals surface area (Å²) in [4.78, 5) is 12.0.